The molecule has 0 aliphatic carbocycles. The van der Waals surface area contributed by atoms with Crippen LogP contribution in [0.3, 0.4) is 0 Å². The van der Waals surface area contributed by atoms with Gasteiger partial charge in [-0.15, -0.1) is 0 Å². The van der Waals surface area contributed by atoms with Crippen molar-refractivity contribution in [3.8, 4) is 6.01 Å². The van der Waals surface area contributed by atoms with Crippen molar-refractivity contribution in [1.82, 2.24) is 14.9 Å². The first-order valence-electron chi connectivity index (χ1n) is 7.48. The van der Waals surface area contributed by atoms with Gasteiger partial charge in [-0.05, 0) is 18.6 Å². The van der Waals surface area contributed by atoms with E-state index in [9.17, 15) is 4.79 Å². The van der Waals surface area contributed by atoms with E-state index in [2.05, 4.69) is 16.0 Å². The molecule has 1 amide bonds. The SMILES string of the molecule is Cc1cccc(CC(=O)N2CC[C@H](Oc3ncccn3)C2)c1. The van der Waals surface area contributed by atoms with Gasteiger partial charge < -0.3 is 9.64 Å². The molecule has 1 atom stereocenters. The third kappa shape index (κ3) is 3.61. The Kier molecular flexibility index (Phi) is 4.32. The molecule has 2 aromatic rings. The summed E-state index contributed by atoms with van der Waals surface area (Å²) in [5, 5.41) is 0. The maximum atomic E-state index is 12.4. The first-order chi connectivity index (χ1) is 10.7. The molecule has 0 radical (unpaired) electrons. The molecule has 0 unspecified atom stereocenters. The summed E-state index contributed by atoms with van der Waals surface area (Å²) in [6.45, 7) is 3.36. The van der Waals surface area contributed by atoms with Crippen LogP contribution in [0.4, 0.5) is 0 Å². The number of hydrogen-bond donors (Lipinski definition) is 0. The lowest BCUT2D eigenvalue weighted by atomic mass is 10.1. The molecule has 1 aromatic heterocycles. The molecule has 0 N–H and O–H groups in total. The van der Waals surface area contributed by atoms with Crippen molar-refractivity contribution in [2.24, 2.45) is 0 Å². The van der Waals surface area contributed by atoms with Crippen LogP contribution >= 0.6 is 0 Å². The first kappa shape index (κ1) is 14.5. The summed E-state index contributed by atoms with van der Waals surface area (Å²) in [5.74, 6) is 0.144. The zero-order valence-electron chi connectivity index (χ0n) is 12.6. The van der Waals surface area contributed by atoms with Gasteiger partial charge >= 0.3 is 6.01 Å². The Morgan fingerprint density at radius 3 is 2.91 bits per heavy atom. The second-order valence-corrected chi connectivity index (χ2v) is 5.57. The smallest absolute Gasteiger partial charge is 0.316 e. The molecule has 5 heteroatoms. The molecule has 1 aromatic carbocycles. The van der Waals surface area contributed by atoms with Crippen molar-refractivity contribution in [3.63, 3.8) is 0 Å². The van der Waals surface area contributed by atoms with Gasteiger partial charge in [0.2, 0.25) is 5.91 Å². The van der Waals surface area contributed by atoms with E-state index in [0.717, 1.165) is 18.5 Å². The largest absolute Gasteiger partial charge is 0.458 e. The minimum absolute atomic E-state index is 0.0242. The Labute approximate surface area is 130 Å². The molecule has 2 heterocycles. The number of hydrogen-bond acceptors (Lipinski definition) is 4. The molecule has 0 bridgehead atoms. The number of aryl methyl sites for hydroxylation is 1. The number of rotatable bonds is 4. The first-order valence-corrected chi connectivity index (χ1v) is 7.48. The standard InChI is InChI=1S/C17H19N3O2/c1-13-4-2-5-14(10-13)11-16(21)20-9-6-15(12-20)22-17-18-7-3-8-19-17/h2-5,7-8,10,15H,6,9,11-12H2,1H3/t15-/m0/s1. The Bertz CT molecular complexity index is 645. The highest BCUT2D eigenvalue weighted by Gasteiger charge is 2.28. The summed E-state index contributed by atoms with van der Waals surface area (Å²) >= 11 is 0. The van der Waals surface area contributed by atoms with E-state index in [1.165, 1.54) is 5.56 Å². The van der Waals surface area contributed by atoms with Crippen molar-refractivity contribution in [2.75, 3.05) is 13.1 Å². The van der Waals surface area contributed by atoms with Gasteiger partial charge in [-0.3, -0.25) is 4.79 Å². The highest BCUT2D eigenvalue weighted by atomic mass is 16.5. The third-order valence-corrected chi connectivity index (χ3v) is 3.75. The normalized spacial score (nSPS) is 17.5. The van der Waals surface area contributed by atoms with Gasteiger partial charge in [-0.25, -0.2) is 9.97 Å². The monoisotopic (exact) mass is 297 g/mol. The quantitative estimate of drug-likeness (QED) is 0.866. The molecule has 22 heavy (non-hydrogen) atoms. The molecule has 1 aliphatic rings. The van der Waals surface area contributed by atoms with E-state index in [0.29, 0.717) is 19.0 Å². The van der Waals surface area contributed by atoms with Crippen LogP contribution in [-0.2, 0) is 11.2 Å². The van der Waals surface area contributed by atoms with Gasteiger partial charge in [0.05, 0.1) is 13.0 Å². The number of nitrogens with zero attached hydrogens (tertiary/aromatic N) is 3. The van der Waals surface area contributed by atoms with E-state index in [1.54, 1.807) is 18.5 Å². The summed E-state index contributed by atoms with van der Waals surface area (Å²) in [4.78, 5) is 22.3. The van der Waals surface area contributed by atoms with Crippen LogP contribution in [0.1, 0.15) is 17.5 Å². The molecule has 1 saturated heterocycles. The van der Waals surface area contributed by atoms with Gasteiger partial charge in [-0.2, -0.15) is 0 Å². The van der Waals surface area contributed by atoms with Crippen molar-refractivity contribution in [3.05, 3.63) is 53.9 Å². The van der Waals surface area contributed by atoms with Gasteiger partial charge in [0.25, 0.3) is 0 Å². The number of aromatic nitrogens is 2. The second kappa shape index (κ2) is 6.56. The predicted octanol–water partition coefficient (Wildman–Crippen LogP) is 2.01. The number of amides is 1. The minimum Gasteiger partial charge on any atom is -0.458 e. The van der Waals surface area contributed by atoms with Crippen LogP contribution in [0.25, 0.3) is 0 Å². The van der Waals surface area contributed by atoms with E-state index >= 15 is 0 Å². The molecule has 0 saturated carbocycles. The molecule has 1 fully saturated rings. The van der Waals surface area contributed by atoms with Crippen molar-refractivity contribution in [2.45, 2.75) is 25.9 Å². The number of carbonyl (C=O) groups excluding carboxylic acids is 1. The fourth-order valence-corrected chi connectivity index (χ4v) is 2.65. The number of carbonyl (C=O) groups is 1. The van der Waals surface area contributed by atoms with Gasteiger partial charge in [0, 0.05) is 25.4 Å². The lowest BCUT2D eigenvalue weighted by Gasteiger charge is -2.16. The van der Waals surface area contributed by atoms with E-state index < -0.39 is 0 Å². The topological polar surface area (TPSA) is 55.3 Å². The van der Waals surface area contributed by atoms with Crippen LogP contribution in [0.2, 0.25) is 0 Å². The number of ether oxygens (including phenoxy) is 1. The van der Waals surface area contributed by atoms with Gasteiger partial charge in [-0.1, -0.05) is 29.8 Å². The van der Waals surface area contributed by atoms with Crippen LogP contribution in [-0.4, -0.2) is 40.0 Å². The Morgan fingerprint density at radius 1 is 1.32 bits per heavy atom. The summed E-state index contributed by atoms with van der Waals surface area (Å²) in [5.41, 5.74) is 2.23. The van der Waals surface area contributed by atoms with Crippen LogP contribution in [0, 0.1) is 6.92 Å². The number of likely N-dealkylation sites (tertiary alicyclic amines) is 1. The minimum atomic E-state index is -0.0242. The molecule has 3 rings (SSSR count). The van der Waals surface area contributed by atoms with Crippen molar-refractivity contribution >= 4 is 5.91 Å². The summed E-state index contributed by atoms with van der Waals surface area (Å²) in [7, 11) is 0. The fourth-order valence-electron chi connectivity index (χ4n) is 2.65. The molecular formula is C17H19N3O2. The highest BCUT2D eigenvalue weighted by molar-refractivity contribution is 5.79. The Morgan fingerprint density at radius 2 is 2.14 bits per heavy atom. The van der Waals surface area contributed by atoms with Crippen LogP contribution < -0.4 is 4.74 Å². The zero-order valence-corrected chi connectivity index (χ0v) is 12.6. The fraction of sp³-hybridized carbons (Fsp3) is 0.353. The van der Waals surface area contributed by atoms with E-state index in [4.69, 9.17) is 4.74 Å². The molecular weight excluding hydrogens is 278 g/mol. The Hall–Kier alpha value is -2.43. The van der Waals surface area contributed by atoms with Gasteiger partial charge in [0.1, 0.15) is 6.10 Å². The van der Waals surface area contributed by atoms with E-state index in [-0.39, 0.29) is 12.0 Å². The lowest BCUT2D eigenvalue weighted by Crippen LogP contribution is -2.32. The summed E-state index contributed by atoms with van der Waals surface area (Å²) < 4.78 is 5.71. The second-order valence-electron chi connectivity index (χ2n) is 5.57. The molecule has 5 nitrogen and oxygen atoms in total. The predicted molar refractivity (Wildman–Crippen MR) is 82.5 cm³/mol. The summed E-state index contributed by atoms with van der Waals surface area (Å²) in [6.07, 6.45) is 4.54. The zero-order chi connectivity index (χ0) is 15.4. The van der Waals surface area contributed by atoms with E-state index in [1.807, 2.05) is 30.0 Å². The molecule has 114 valence electrons. The van der Waals surface area contributed by atoms with Crippen molar-refractivity contribution in [1.29, 1.82) is 0 Å². The van der Waals surface area contributed by atoms with Crippen molar-refractivity contribution < 1.29 is 9.53 Å². The van der Waals surface area contributed by atoms with Gasteiger partial charge in [0.15, 0.2) is 0 Å². The maximum absolute atomic E-state index is 12.4. The maximum Gasteiger partial charge on any atom is 0.316 e. The molecule has 0 spiro atoms. The molecule has 1 aliphatic heterocycles. The highest BCUT2D eigenvalue weighted by Crippen LogP contribution is 2.16. The average molecular weight is 297 g/mol. The number of benzene rings is 1. The Balaban J connectivity index is 1.55. The summed E-state index contributed by atoms with van der Waals surface area (Å²) in [6, 6.07) is 10.2. The lowest BCUT2D eigenvalue weighted by molar-refractivity contribution is -0.129. The average Bonchev–Trinajstić information content (AvgIpc) is 2.97. The van der Waals surface area contributed by atoms with Crippen LogP contribution in [0.15, 0.2) is 42.7 Å². The third-order valence-electron chi connectivity index (χ3n) is 3.75. The van der Waals surface area contributed by atoms with Crippen LogP contribution in [0.5, 0.6) is 6.01 Å².